The fraction of sp³-hybridized carbons (Fsp3) is 0.622. The van der Waals surface area contributed by atoms with Crippen LogP contribution < -0.4 is 0 Å². The first-order valence-corrected chi connectivity index (χ1v) is 24.7. The van der Waals surface area contributed by atoms with Gasteiger partial charge < -0.3 is 13.6 Å². The first-order valence-electron chi connectivity index (χ1n) is 16.6. The first-order chi connectivity index (χ1) is 21.3. The summed E-state index contributed by atoms with van der Waals surface area (Å²) in [6.45, 7) is 22.8. The average Bonchev–Trinajstić information content (AvgIpc) is 3.24. The Labute approximate surface area is 289 Å². The zero-order chi connectivity index (χ0) is 34.3. The quantitative estimate of drug-likeness (QED) is 0.0793. The SMILES string of the molecule is COC(=O)CSCCCS[C@H]1C(=O)C[C@@H](O[Si](C)(C)C(C)(C)C)[C@@H]1C=CC(Cc1ccc2ccccc2c1)O[Si](C)(C)C(C)(C)C. The van der Waals surface area contributed by atoms with Crippen LogP contribution in [-0.4, -0.2) is 70.2 Å². The van der Waals surface area contributed by atoms with Gasteiger partial charge in [0.25, 0.3) is 0 Å². The van der Waals surface area contributed by atoms with Crippen molar-refractivity contribution >= 4 is 62.7 Å². The zero-order valence-corrected chi connectivity index (χ0v) is 33.7. The molecule has 2 aromatic carbocycles. The summed E-state index contributed by atoms with van der Waals surface area (Å²) in [5.41, 5.74) is 1.25. The predicted octanol–water partition coefficient (Wildman–Crippen LogP) is 9.71. The number of carbonyl (C=O) groups is 2. The molecule has 0 heterocycles. The molecule has 0 radical (unpaired) electrons. The van der Waals surface area contributed by atoms with Crippen molar-refractivity contribution in [3.63, 3.8) is 0 Å². The average molecular weight is 703 g/mol. The molecule has 46 heavy (non-hydrogen) atoms. The molecule has 3 rings (SSSR count). The van der Waals surface area contributed by atoms with Crippen LogP contribution in [0.15, 0.2) is 54.6 Å². The minimum Gasteiger partial charge on any atom is -0.468 e. The summed E-state index contributed by atoms with van der Waals surface area (Å²) < 4.78 is 18.8. The van der Waals surface area contributed by atoms with E-state index in [0.29, 0.717) is 12.2 Å². The van der Waals surface area contributed by atoms with E-state index >= 15 is 0 Å². The number of ketones is 1. The number of esters is 1. The molecule has 0 amide bonds. The summed E-state index contributed by atoms with van der Waals surface area (Å²) in [7, 11) is -2.78. The van der Waals surface area contributed by atoms with Crippen LogP contribution in [0.2, 0.25) is 36.3 Å². The number of ether oxygens (including phenoxy) is 1. The summed E-state index contributed by atoms with van der Waals surface area (Å²) in [5, 5.41) is 2.45. The Kier molecular flexibility index (Phi) is 13.9. The number of methoxy groups -OCH3 is 1. The van der Waals surface area contributed by atoms with E-state index in [1.165, 1.54) is 23.4 Å². The lowest BCUT2D eigenvalue weighted by Gasteiger charge is -2.40. The molecule has 1 aliphatic carbocycles. The Morgan fingerprint density at radius 1 is 0.957 bits per heavy atom. The van der Waals surface area contributed by atoms with E-state index in [9.17, 15) is 9.59 Å². The Bertz CT molecular complexity index is 1350. The highest BCUT2D eigenvalue weighted by molar-refractivity contribution is 8.01. The molecule has 9 heteroatoms. The van der Waals surface area contributed by atoms with Crippen molar-refractivity contribution in [1.29, 1.82) is 0 Å². The summed E-state index contributed by atoms with van der Waals surface area (Å²) in [6, 6.07) is 15.2. The second kappa shape index (κ2) is 16.4. The molecule has 2 aromatic rings. The van der Waals surface area contributed by atoms with E-state index in [-0.39, 0.29) is 45.2 Å². The molecule has 0 saturated heterocycles. The normalized spacial score (nSPS) is 20.5. The highest BCUT2D eigenvalue weighted by Gasteiger charge is 2.47. The van der Waals surface area contributed by atoms with Crippen LogP contribution >= 0.6 is 23.5 Å². The lowest BCUT2D eigenvalue weighted by molar-refractivity contribution is -0.137. The minimum absolute atomic E-state index is 0.0172. The van der Waals surface area contributed by atoms with Gasteiger partial charge in [-0.3, -0.25) is 9.59 Å². The van der Waals surface area contributed by atoms with Crippen molar-refractivity contribution in [1.82, 2.24) is 0 Å². The van der Waals surface area contributed by atoms with Crippen molar-refractivity contribution < 1.29 is 23.2 Å². The van der Waals surface area contributed by atoms with Gasteiger partial charge in [-0.2, -0.15) is 11.8 Å². The molecule has 4 atom stereocenters. The van der Waals surface area contributed by atoms with Gasteiger partial charge in [-0.1, -0.05) is 96.2 Å². The van der Waals surface area contributed by atoms with Crippen LogP contribution in [0.25, 0.3) is 10.8 Å². The highest BCUT2D eigenvalue weighted by Crippen LogP contribution is 2.43. The van der Waals surface area contributed by atoms with Gasteiger partial charge in [0, 0.05) is 18.8 Å². The summed E-state index contributed by atoms with van der Waals surface area (Å²) in [6.07, 6.45) is 6.44. The highest BCUT2D eigenvalue weighted by atomic mass is 32.2. The fourth-order valence-electron chi connectivity index (χ4n) is 5.10. The monoisotopic (exact) mass is 702 g/mol. The van der Waals surface area contributed by atoms with Crippen LogP contribution in [-0.2, 0) is 29.6 Å². The lowest BCUT2D eigenvalue weighted by Crippen LogP contribution is -2.45. The van der Waals surface area contributed by atoms with Crippen LogP contribution in [0.5, 0.6) is 0 Å². The molecule has 1 saturated carbocycles. The summed E-state index contributed by atoms with van der Waals surface area (Å²) in [4.78, 5) is 25.1. The summed E-state index contributed by atoms with van der Waals surface area (Å²) in [5.74, 6) is 2.16. The van der Waals surface area contributed by atoms with Gasteiger partial charge in [-0.25, -0.2) is 0 Å². The molecule has 256 valence electrons. The van der Waals surface area contributed by atoms with Crippen LogP contribution in [0.4, 0.5) is 0 Å². The molecular formula is C37H58O5S2Si2. The number of fused-ring (bicyclic) bond motifs is 1. The number of Topliss-reactive ketones (excluding diaryl/α,β-unsaturated/α-hetero) is 1. The molecule has 0 bridgehead atoms. The maximum absolute atomic E-state index is 13.6. The number of carbonyl (C=O) groups excluding carboxylic acids is 2. The molecule has 0 N–H and O–H groups in total. The van der Waals surface area contributed by atoms with Crippen molar-refractivity contribution in [3.05, 3.63) is 60.2 Å². The Hall–Kier alpha value is -1.37. The molecule has 5 nitrogen and oxygen atoms in total. The Morgan fingerprint density at radius 3 is 2.24 bits per heavy atom. The van der Waals surface area contributed by atoms with Gasteiger partial charge in [-0.05, 0) is 70.5 Å². The van der Waals surface area contributed by atoms with Gasteiger partial charge in [0.15, 0.2) is 16.6 Å². The topological polar surface area (TPSA) is 61.8 Å². The molecule has 0 aromatic heterocycles. The number of rotatable bonds is 15. The second-order valence-corrected chi connectivity index (χ2v) is 27.5. The van der Waals surface area contributed by atoms with Crippen molar-refractivity contribution in [3.8, 4) is 0 Å². The maximum Gasteiger partial charge on any atom is 0.315 e. The number of benzene rings is 2. The van der Waals surface area contributed by atoms with Gasteiger partial charge in [0.2, 0.25) is 0 Å². The van der Waals surface area contributed by atoms with Crippen LogP contribution in [0, 0.1) is 5.92 Å². The molecule has 1 unspecified atom stereocenters. The standard InChI is InChI=1S/C37H58O5S2Si2/c1-36(2,3)45(8,9)41-30(24-27-17-18-28-15-12-13-16-29(28)23-27)19-20-31-33(42-46(10,11)37(4,5)6)25-32(38)35(31)44-22-14-21-43-26-34(39)40-7/h12-13,15-20,23,30-31,33,35H,14,21-22,24-26H2,1-11H3/t30?,31-,33+,35+/m0/s1. The third-order valence-corrected chi connectivity index (χ3v) is 21.5. The Morgan fingerprint density at radius 2 is 1.61 bits per heavy atom. The van der Waals surface area contributed by atoms with E-state index in [4.69, 9.17) is 13.6 Å². The van der Waals surface area contributed by atoms with E-state index < -0.39 is 16.6 Å². The maximum atomic E-state index is 13.6. The van der Waals surface area contributed by atoms with Crippen molar-refractivity contribution in [2.75, 3.05) is 24.4 Å². The molecule has 0 aliphatic heterocycles. The Balaban J connectivity index is 1.89. The molecule has 1 aliphatic rings. The third kappa shape index (κ3) is 10.8. The smallest absolute Gasteiger partial charge is 0.315 e. The second-order valence-electron chi connectivity index (χ2n) is 15.6. The molecular weight excluding hydrogens is 645 g/mol. The van der Waals surface area contributed by atoms with Gasteiger partial charge >= 0.3 is 5.97 Å². The summed E-state index contributed by atoms with van der Waals surface area (Å²) >= 11 is 3.33. The fourth-order valence-corrected chi connectivity index (χ4v) is 10.0. The number of hydrogen-bond donors (Lipinski definition) is 0. The van der Waals surface area contributed by atoms with Crippen molar-refractivity contribution in [2.24, 2.45) is 5.92 Å². The van der Waals surface area contributed by atoms with E-state index in [2.05, 4.69) is 122 Å². The number of thioether (sulfide) groups is 2. The lowest BCUT2D eigenvalue weighted by atomic mass is 10.0. The zero-order valence-electron chi connectivity index (χ0n) is 30.1. The van der Waals surface area contributed by atoms with Crippen molar-refractivity contribution in [2.45, 2.75) is 115 Å². The van der Waals surface area contributed by atoms with E-state index in [1.807, 2.05) is 0 Å². The third-order valence-electron chi connectivity index (χ3n) is 9.98. The number of hydrogen-bond acceptors (Lipinski definition) is 7. The van der Waals surface area contributed by atoms with Crippen LogP contribution in [0.3, 0.4) is 0 Å². The molecule has 0 spiro atoms. The van der Waals surface area contributed by atoms with Gasteiger partial charge in [-0.15, -0.1) is 11.8 Å². The van der Waals surface area contributed by atoms with Gasteiger partial charge in [0.05, 0.1) is 30.3 Å². The predicted molar refractivity (Wildman–Crippen MR) is 204 cm³/mol. The van der Waals surface area contributed by atoms with Crippen LogP contribution in [0.1, 0.15) is 59.9 Å². The van der Waals surface area contributed by atoms with E-state index in [1.54, 1.807) is 23.5 Å². The van der Waals surface area contributed by atoms with Gasteiger partial charge in [0.1, 0.15) is 5.78 Å². The first kappa shape index (κ1) is 39.1. The van der Waals surface area contributed by atoms with E-state index in [0.717, 1.165) is 24.3 Å². The minimum atomic E-state index is -2.11. The largest absolute Gasteiger partial charge is 0.468 e. The molecule has 1 fully saturated rings.